The van der Waals surface area contributed by atoms with Crippen molar-refractivity contribution in [3.05, 3.63) is 33.9 Å². The maximum atomic E-state index is 13.1. The second-order valence-electron chi connectivity index (χ2n) is 6.06. The summed E-state index contributed by atoms with van der Waals surface area (Å²) in [5.41, 5.74) is -1.73. The number of hydrogen-bond acceptors (Lipinski definition) is 3. The van der Waals surface area contributed by atoms with Gasteiger partial charge in [0, 0.05) is 23.9 Å². The summed E-state index contributed by atoms with van der Waals surface area (Å²) in [6, 6.07) is 2.76. The van der Waals surface area contributed by atoms with Crippen LogP contribution in [-0.4, -0.2) is 11.0 Å². The highest BCUT2D eigenvalue weighted by Crippen LogP contribution is 2.42. The molecule has 116 valence electrons. The van der Waals surface area contributed by atoms with E-state index in [2.05, 4.69) is 5.32 Å². The lowest BCUT2D eigenvalue weighted by Crippen LogP contribution is -2.31. The van der Waals surface area contributed by atoms with Crippen LogP contribution in [0.15, 0.2) is 18.2 Å². The zero-order valence-corrected chi connectivity index (χ0v) is 11.8. The molecular weight excluding hydrogens is 285 g/mol. The third kappa shape index (κ3) is 3.28. The number of alkyl halides is 3. The number of rotatable bonds is 3. The van der Waals surface area contributed by atoms with Crippen molar-refractivity contribution in [1.29, 1.82) is 0 Å². The zero-order valence-electron chi connectivity index (χ0n) is 11.8. The highest BCUT2D eigenvalue weighted by Gasteiger charge is 2.39. The number of hydrogen-bond donors (Lipinski definition) is 1. The highest BCUT2D eigenvalue weighted by molar-refractivity contribution is 5.58. The molecule has 1 saturated carbocycles. The molecule has 0 heterocycles. The van der Waals surface area contributed by atoms with E-state index in [1.54, 1.807) is 0 Å². The van der Waals surface area contributed by atoms with Gasteiger partial charge in [-0.3, -0.25) is 10.1 Å². The lowest BCUT2D eigenvalue weighted by molar-refractivity contribution is -0.385. The average Bonchev–Trinajstić information content (AvgIpc) is 2.67. The first kappa shape index (κ1) is 15.6. The number of non-ortho nitro benzene ring substituents is 1. The van der Waals surface area contributed by atoms with E-state index >= 15 is 0 Å². The minimum Gasteiger partial charge on any atom is -0.381 e. The normalized spacial score (nSPS) is 21.3. The van der Waals surface area contributed by atoms with Crippen molar-refractivity contribution in [3.63, 3.8) is 0 Å². The lowest BCUT2D eigenvalue weighted by Gasteiger charge is -2.29. The summed E-state index contributed by atoms with van der Waals surface area (Å²) in [4.78, 5) is 9.84. The Labute approximate surface area is 120 Å². The molecule has 1 atom stereocenters. The van der Waals surface area contributed by atoms with Crippen LogP contribution < -0.4 is 5.32 Å². The van der Waals surface area contributed by atoms with Gasteiger partial charge in [0.15, 0.2) is 0 Å². The second-order valence-corrected chi connectivity index (χ2v) is 6.06. The number of nitro benzene ring substituents is 1. The molecule has 4 nitrogen and oxygen atoms in total. The molecule has 1 N–H and O–H groups in total. The van der Waals surface area contributed by atoms with Crippen molar-refractivity contribution in [2.45, 2.75) is 45.3 Å². The summed E-state index contributed by atoms with van der Waals surface area (Å²) in [5, 5.41) is 13.6. The van der Waals surface area contributed by atoms with Crippen LogP contribution in [0.4, 0.5) is 24.5 Å². The van der Waals surface area contributed by atoms with Crippen LogP contribution in [0.5, 0.6) is 0 Å². The lowest BCUT2D eigenvalue weighted by atomic mass is 9.87. The smallest absolute Gasteiger partial charge is 0.381 e. The monoisotopic (exact) mass is 302 g/mol. The molecule has 1 aromatic carbocycles. The molecule has 1 aliphatic carbocycles. The van der Waals surface area contributed by atoms with Crippen molar-refractivity contribution < 1.29 is 18.1 Å². The summed E-state index contributed by atoms with van der Waals surface area (Å²) in [7, 11) is 0. The molecule has 2 rings (SSSR count). The molecule has 1 unspecified atom stereocenters. The number of benzene rings is 1. The molecule has 1 aromatic rings. The van der Waals surface area contributed by atoms with Gasteiger partial charge in [0.2, 0.25) is 0 Å². The number of anilines is 1. The van der Waals surface area contributed by atoms with Crippen LogP contribution in [0.25, 0.3) is 0 Å². The summed E-state index contributed by atoms with van der Waals surface area (Å²) in [5.74, 6) is 0. The van der Waals surface area contributed by atoms with Crippen LogP contribution in [0.1, 0.15) is 38.7 Å². The maximum absolute atomic E-state index is 13.1. The third-order valence-electron chi connectivity index (χ3n) is 4.11. The summed E-state index contributed by atoms with van der Waals surface area (Å²) in [6.45, 7) is 4.02. The van der Waals surface area contributed by atoms with E-state index in [0.717, 1.165) is 31.4 Å². The predicted octanol–water partition coefficient (Wildman–Crippen LogP) is 4.60. The van der Waals surface area contributed by atoms with E-state index in [1.807, 2.05) is 13.8 Å². The largest absolute Gasteiger partial charge is 0.418 e. The van der Waals surface area contributed by atoms with Gasteiger partial charge in [-0.05, 0) is 24.3 Å². The summed E-state index contributed by atoms with van der Waals surface area (Å²) < 4.78 is 39.3. The van der Waals surface area contributed by atoms with Crippen LogP contribution in [-0.2, 0) is 6.18 Å². The molecule has 0 spiro atoms. The van der Waals surface area contributed by atoms with E-state index in [0.29, 0.717) is 6.07 Å². The van der Waals surface area contributed by atoms with Gasteiger partial charge in [-0.2, -0.15) is 13.2 Å². The van der Waals surface area contributed by atoms with E-state index < -0.39 is 22.4 Å². The molecule has 0 bridgehead atoms. The van der Waals surface area contributed by atoms with Crippen molar-refractivity contribution >= 4 is 11.4 Å². The number of nitrogens with one attached hydrogen (secondary N) is 1. The van der Waals surface area contributed by atoms with Gasteiger partial charge in [-0.25, -0.2) is 0 Å². The SMILES string of the molecule is CC1(C)CCCC1Nc1ccc([N+](=O)[O-])cc1C(F)(F)F. The first-order valence-electron chi connectivity index (χ1n) is 6.73. The van der Waals surface area contributed by atoms with Gasteiger partial charge in [-0.1, -0.05) is 20.3 Å². The predicted molar refractivity (Wildman–Crippen MR) is 73.1 cm³/mol. The fourth-order valence-corrected chi connectivity index (χ4v) is 2.79. The quantitative estimate of drug-likeness (QED) is 0.655. The van der Waals surface area contributed by atoms with Gasteiger partial charge in [-0.15, -0.1) is 0 Å². The van der Waals surface area contributed by atoms with Gasteiger partial charge >= 0.3 is 6.18 Å². The van der Waals surface area contributed by atoms with Crippen molar-refractivity contribution in [2.75, 3.05) is 5.32 Å². The van der Waals surface area contributed by atoms with Gasteiger partial charge in [0.05, 0.1) is 10.5 Å². The van der Waals surface area contributed by atoms with E-state index in [-0.39, 0.29) is 17.1 Å². The third-order valence-corrected chi connectivity index (χ3v) is 4.11. The molecule has 0 aromatic heterocycles. The number of halogens is 3. The summed E-state index contributed by atoms with van der Waals surface area (Å²) >= 11 is 0. The fraction of sp³-hybridized carbons (Fsp3) is 0.571. The molecule has 0 radical (unpaired) electrons. The zero-order chi connectivity index (χ0) is 15.8. The highest BCUT2D eigenvalue weighted by atomic mass is 19.4. The topological polar surface area (TPSA) is 55.2 Å². The Balaban J connectivity index is 2.37. The Morgan fingerprint density at radius 3 is 2.52 bits per heavy atom. The summed E-state index contributed by atoms with van der Waals surface area (Å²) in [6.07, 6.45) is -1.93. The van der Waals surface area contributed by atoms with Crippen LogP contribution in [0.2, 0.25) is 0 Å². The Morgan fingerprint density at radius 1 is 1.38 bits per heavy atom. The van der Waals surface area contributed by atoms with Crippen molar-refractivity contribution in [3.8, 4) is 0 Å². The van der Waals surface area contributed by atoms with Crippen LogP contribution in [0, 0.1) is 15.5 Å². The Morgan fingerprint density at radius 2 is 2.05 bits per heavy atom. The van der Waals surface area contributed by atoms with E-state index in [4.69, 9.17) is 0 Å². The van der Waals surface area contributed by atoms with Crippen molar-refractivity contribution in [2.24, 2.45) is 5.41 Å². The van der Waals surface area contributed by atoms with Crippen LogP contribution in [0.3, 0.4) is 0 Å². The maximum Gasteiger partial charge on any atom is 0.418 e. The van der Waals surface area contributed by atoms with Gasteiger partial charge < -0.3 is 5.32 Å². The number of nitro groups is 1. The average molecular weight is 302 g/mol. The first-order chi connectivity index (χ1) is 9.61. The molecular formula is C14H17F3N2O2. The Kier molecular flexibility index (Phi) is 3.86. The van der Waals surface area contributed by atoms with E-state index in [9.17, 15) is 23.3 Å². The standard InChI is InChI=1S/C14H17F3N2O2/c1-13(2)7-3-4-12(13)18-11-6-5-9(19(20)21)8-10(11)14(15,16)17/h5-6,8,12,18H,3-4,7H2,1-2H3. The molecule has 21 heavy (non-hydrogen) atoms. The minimum atomic E-state index is -4.63. The van der Waals surface area contributed by atoms with Gasteiger partial charge in [0.25, 0.3) is 5.69 Å². The molecule has 0 amide bonds. The minimum absolute atomic E-state index is 0.0694. The Hall–Kier alpha value is -1.79. The molecule has 0 saturated heterocycles. The van der Waals surface area contributed by atoms with E-state index in [1.165, 1.54) is 0 Å². The van der Waals surface area contributed by atoms with Gasteiger partial charge in [0.1, 0.15) is 0 Å². The molecule has 0 aliphatic heterocycles. The Bertz CT molecular complexity index is 556. The molecule has 7 heteroatoms. The van der Waals surface area contributed by atoms with Crippen molar-refractivity contribution in [1.82, 2.24) is 0 Å². The molecule has 1 fully saturated rings. The molecule has 1 aliphatic rings. The second kappa shape index (κ2) is 5.20. The number of nitrogens with zero attached hydrogens (tertiary/aromatic N) is 1. The van der Waals surface area contributed by atoms with Crippen LogP contribution >= 0.6 is 0 Å². The fourth-order valence-electron chi connectivity index (χ4n) is 2.79. The first-order valence-corrected chi connectivity index (χ1v) is 6.73.